The van der Waals surface area contributed by atoms with Crippen molar-refractivity contribution in [3.05, 3.63) is 64.7 Å². The molecule has 2 aromatic carbocycles. The predicted molar refractivity (Wildman–Crippen MR) is 123 cm³/mol. The molecule has 0 amide bonds. The lowest BCUT2D eigenvalue weighted by molar-refractivity contribution is 0.00578. The largest absolute Gasteiger partial charge is 0.494 e. The Morgan fingerprint density at radius 1 is 1.03 bits per heavy atom. The van der Waals surface area contributed by atoms with Crippen LogP contribution in [0.25, 0.3) is 11.1 Å². The van der Waals surface area contributed by atoms with Gasteiger partial charge in [-0.1, -0.05) is 48.9 Å². The van der Waals surface area contributed by atoms with Crippen molar-refractivity contribution in [2.75, 3.05) is 0 Å². The molecule has 2 aromatic rings. The molecule has 3 nitrogen and oxygen atoms in total. The molecule has 2 fully saturated rings. The molecule has 0 radical (unpaired) electrons. The van der Waals surface area contributed by atoms with Gasteiger partial charge >= 0.3 is 7.12 Å². The number of hydrogen-bond acceptors (Lipinski definition) is 3. The summed E-state index contributed by atoms with van der Waals surface area (Å²) in [6.45, 7) is 10.7. The van der Waals surface area contributed by atoms with E-state index in [1.54, 1.807) is 5.57 Å². The first-order valence-corrected chi connectivity index (χ1v) is 11.4. The van der Waals surface area contributed by atoms with Crippen molar-refractivity contribution in [3.63, 3.8) is 0 Å². The van der Waals surface area contributed by atoms with Gasteiger partial charge in [0.05, 0.1) is 22.8 Å². The molecule has 31 heavy (non-hydrogen) atoms. The van der Waals surface area contributed by atoms with Crippen molar-refractivity contribution < 1.29 is 9.31 Å². The van der Waals surface area contributed by atoms with Crippen molar-refractivity contribution >= 4 is 12.6 Å². The number of nitrogens with zero attached hydrogens (tertiary/aromatic N) is 1. The SMILES string of the molecule is CC1CC2CC2=CC12c1cc(B3OC(C)(C)C(C)(C)O3)ccc1-c1cccc(C#N)c12. The summed E-state index contributed by atoms with van der Waals surface area (Å²) in [6.07, 6.45) is 4.90. The molecular formula is C27H28BNO2. The molecule has 1 heterocycles. The van der Waals surface area contributed by atoms with Crippen molar-refractivity contribution in [1.29, 1.82) is 5.26 Å². The number of nitriles is 1. The summed E-state index contributed by atoms with van der Waals surface area (Å²) in [4.78, 5) is 0. The Morgan fingerprint density at radius 3 is 2.48 bits per heavy atom. The minimum Gasteiger partial charge on any atom is -0.399 e. The first kappa shape index (κ1) is 19.3. The fraction of sp³-hybridized carbons (Fsp3) is 0.444. The molecule has 0 bridgehead atoms. The van der Waals surface area contributed by atoms with Gasteiger partial charge in [0.1, 0.15) is 0 Å². The first-order chi connectivity index (χ1) is 14.7. The zero-order valence-electron chi connectivity index (χ0n) is 19.0. The minimum atomic E-state index is -0.383. The van der Waals surface area contributed by atoms with Crippen LogP contribution in [0.15, 0.2) is 48.0 Å². The highest BCUT2D eigenvalue weighted by Gasteiger charge is 2.55. The van der Waals surface area contributed by atoms with Crippen molar-refractivity contribution in [1.82, 2.24) is 0 Å². The van der Waals surface area contributed by atoms with Gasteiger partial charge in [0.25, 0.3) is 0 Å². The topological polar surface area (TPSA) is 42.2 Å². The van der Waals surface area contributed by atoms with Crippen LogP contribution in [-0.4, -0.2) is 18.3 Å². The molecule has 0 N–H and O–H groups in total. The Kier molecular flexibility index (Phi) is 3.69. The minimum absolute atomic E-state index is 0.237. The molecule has 6 rings (SSSR count). The van der Waals surface area contributed by atoms with Crippen LogP contribution in [0, 0.1) is 23.2 Å². The van der Waals surface area contributed by atoms with Crippen LogP contribution in [0.4, 0.5) is 0 Å². The van der Waals surface area contributed by atoms with Gasteiger partial charge in [-0.3, -0.25) is 0 Å². The van der Waals surface area contributed by atoms with E-state index in [4.69, 9.17) is 9.31 Å². The summed E-state index contributed by atoms with van der Waals surface area (Å²) in [7, 11) is -0.383. The number of fused-ring (bicyclic) bond motifs is 6. The van der Waals surface area contributed by atoms with Gasteiger partial charge in [0.2, 0.25) is 0 Å². The molecule has 1 spiro atoms. The summed E-state index contributed by atoms with van der Waals surface area (Å²) in [6, 6.07) is 15.3. The molecule has 3 atom stereocenters. The number of hydrogen-bond donors (Lipinski definition) is 0. The summed E-state index contributed by atoms with van der Waals surface area (Å²) < 4.78 is 12.7. The maximum atomic E-state index is 9.99. The van der Waals surface area contributed by atoms with Crippen LogP contribution >= 0.6 is 0 Å². The lowest BCUT2D eigenvalue weighted by atomic mass is 9.63. The van der Waals surface area contributed by atoms with E-state index in [1.165, 1.54) is 35.1 Å². The van der Waals surface area contributed by atoms with E-state index in [9.17, 15) is 5.26 Å². The molecule has 1 aliphatic heterocycles. The van der Waals surface area contributed by atoms with Crippen molar-refractivity contribution in [2.45, 2.75) is 64.1 Å². The maximum absolute atomic E-state index is 9.99. The Morgan fingerprint density at radius 2 is 1.77 bits per heavy atom. The zero-order valence-corrected chi connectivity index (χ0v) is 19.0. The molecular weight excluding hydrogens is 381 g/mol. The summed E-state index contributed by atoms with van der Waals surface area (Å²) in [5.41, 5.74) is 7.41. The predicted octanol–water partition coefficient (Wildman–Crippen LogP) is 5.11. The van der Waals surface area contributed by atoms with Crippen molar-refractivity contribution in [2.24, 2.45) is 11.8 Å². The normalized spacial score (nSPS) is 31.0. The maximum Gasteiger partial charge on any atom is 0.494 e. The molecule has 0 aromatic heterocycles. The Labute approximate surface area is 185 Å². The lowest BCUT2D eigenvalue weighted by Crippen LogP contribution is -2.41. The van der Waals surface area contributed by atoms with Crippen LogP contribution in [-0.2, 0) is 14.7 Å². The van der Waals surface area contributed by atoms with Crippen LogP contribution in [0.2, 0.25) is 0 Å². The van der Waals surface area contributed by atoms with Crippen LogP contribution in [0.3, 0.4) is 0 Å². The molecule has 4 heteroatoms. The third-order valence-corrected chi connectivity index (χ3v) is 8.58. The molecule has 3 unspecified atom stereocenters. The quantitative estimate of drug-likeness (QED) is 0.486. The average molecular weight is 409 g/mol. The molecule has 156 valence electrons. The second kappa shape index (κ2) is 5.91. The molecule has 4 aliphatic rings. The monoisotopic (exact) mass is 409 g/mol. The summed E-state index contributed by atoms with van der Waals surface area (Å²) in [5, 5.41) is 9.99. The van der Waals surface area contributed by atoms with Crippen molar-refractivity contribution in [3.8, 4) is 17.2 Å². The highest BCUT2D eigenvalue weighted by Crippen LogP contribution is 2.62. The number of rotatable bonds is 1. The lowest BCUT2D eigenvalue weighted by Gasteiger charge is -2.38. The van der Waals surface area contributed by atoms with Gasteiger partial charge in [-0.05, 0) is 86.2 Å². The Balaban J connectivity index is 1.57. The van der Waals surface area contributed by atoms with E-state index in [1.807, 2.05) is 12.1 Å². The van der Waals surface area contributed by atoms with Gasteiger partial charge in [0.15, 0.2) is 0 Å². The van der Waals surface area contributed by atoms with E-state index < -0.39 is 0 Å². The highest BCUT2D eigenvalue weighted by molar-refractivity contribution is 6.62. The van der Waals surface area contributed by atoms with E-state index in [0.717, 1.165) is 16.9 Å². The van der Waals surface area contributed by atoms with Gasteiger partial charge < -0.3 is 9.31 Å². The van der Waals surface area contributed by atoms with E-state index >= 15 is 0 Å². The van der Waals surface area contributed by atoms with E-state index in [-0.39, 0.29) is 23.7 Å². The molecule has 1 saturated heterocycles. The van der Waals surface area contributed by atoms with Gasteiger partial charge in [0, 0.05) is 5.41 Å². The zero-order chi connectivity index (χ0) is 21.8. The second-order valence-electron chi connectivity index (χ2n) is 10.9. The smallest absolute Gasteiger partial charge is 0.399 e. The van der Waals surface area contributed by atoms with Crippen LogP contribution in [0.1, 0.15) is 64.2 Å². The number of benzene rings is 2. The standard InChI is InChI=1S/C27H28BNO2/c1-16-11-18-12-19(18)14-27(16)23-13-20(28-30-25(2,3)26(4,5)31-28)9-10-21(23)22-8-6-7-17(15-29)24(22)27/h6-10,13-14,16,18H,11-12H2,1-5H3. The fourth-order valence-corrected chi connectivity index (χ4v) is 6.06. The summed E-state index contributed by atoms with van der Waals surface area (Å²) >= 11 is 0. The van der Waals surface area contributed by atoms with Gasteiger partial charge in [-0.15, -0.1) is 0 Å². The Bertz CT molecular complexity index is 1190. The molecule has 3 aliphatic carbocycles. The first-order valence-electron chi connectivity index (χ1n) is 11.4. The fourth-order valence-electron chi connectivity index (χ4n) is 6.06. The third-order valence-electron chi connectivity index (χ3n) is 8.58. The van der Waals surface area contributed by atoms with Crippen LogP contribution < -0.4 is 5.46 Å². The Hall–Kier alpha value is -2.35. The average Bonchev–Trinajstić information content (AvgIpc) is 3.35. The van der Waals surface area contributed by atoms with Gasteiger partial charge in [-0.25, -0.2) is 0 Å². The third kappa shape index (κ3) is 2.42. The second-order valence-corrected chi connectivity index (χ2v) is 10.9. The number of allylic oxidation sites excluding steroid dienone is 2. The van der Waals surface area contributed by atoms with Gasteiger partial charge in [-0.2, -0.15) is 5.26 Å². The summed E-state index contributed by atoms with van der Waals surface area (Å²) in [5.74, 6) is 1.18. The molecule has 1 saturated carbocycles. The van der Waals surface area contributed by atoms with E-state index in [0.29, 0.717) is 5.92 Å². The van der Waals surface area contributed by atoms with E-state index in [2.05, 4.69) is 71.0 Å². The van der Waals surface area contributed by atoms with Crippen LogP contribution in [0.5, 0.6) is 0 Å². The highest BCUT2D eigenvalue weighted by atomic mass is 16.7.